The standard InChI is InChI=1S/C14H20INO/c1-5-11(4)16(6-2)14(17)12-9-7-8-10(3)13(12)15/h7-9,11H,5-6H2,1-4H3. The van der Waals surface area contributed by atoms with Gasteiger partial charge in [-0.3, -0.25) is 4.79 Å². The minimum atomic E-state index is 0.148. The minimum absolute atomic E-state index is 0.148. The third kappa shape index (κ3) is 3.21. The zero-order valence-electron chi connectivity index (χ0n) is 11.0. The molecule has 1 rings (SSSR count). The monoisotopic (exact) mass is 345 g/mol. The summed E-state index contributed by atoms with van der Waals surface area (Å²) in [5.41, 5.74) is 1.99. The number of benzene rings is 1. The van der Waals surface area contributed by atoms with Crippen molar-refractivity contribution in [3.63, 3.8) is 0 Å². The van der Waals surface area contributed by atoms with Gasteiger partial charge in [0.25, 0.3) is 5.91 Å². The first kappa shape index (κ1) is 14.5. The second kappa shape index (κ2) is 6.38. The summed E-state index contributed by atoms with van der Waals surface area (Å²) in [7, 11) is 0. The van der Waals surface area contributed by atoms with Gasteiger partial charge in [0.2, 0.25) is 0 Å². The van der Waals surface area contributed by atoms with Crippen LogP contribution in [-0.4, -0.2) is 23.4 Å². The Morgan fingerprint density at radius 1 is 1.41 bits per heavy atom. The summed E-state index contributed by atoms with van der Waals surface area (Å²) in [6.07, 6.45) is 0.988. The van der Waals surface area contributed by atoms with Crippen LogP contribution in [0.1, 0.15) is 43.1 Å². The highest BCUT2D eigenvalue weighted by Crippen LogP contribution is 2.19. The number of halogens is 1. The molecule has 2 nitrogen and oxygen atoms in total. The zero-order chi connectivity index (χ0) is 13.0. The summed E-state index contributed by atoms with van der Waals surface area (Å²) in [5, 5.41) is 0. The van der Waals surface area contributed by atoms with Crippen molar-refractivity contribution in [1.82, 2.24) is 4.90 Å². The minimum Gasteiger partial charge on any atom is -0.336 e. The molecule has 0 bridgehead atoms. The maximum Gasteiger partial charge on any atom is 0.255 e. The molecule has 0 saturated heterocycles. The Labute approximate surface area is 118 Å². The number of amides is 1. The van der Waals surface area contributed by atoms with E-state index in [9.17, 15) is 4.79 Å². The molecule has 0 N–H and O–H groups in total. The van der Waals surface area contributed by atoms with Gasteiger partial charge in [0.05, 0.1) is 5.56 Å². The molecule has 1 amide bonds. The van der Waals surface area contributed by atoms with Gasteiger partial charge in [-0.2, -0.15) is 0 Å². The molecule has 94 valence electrons. The summed E-state index contributed by atoms with van der Waals surface area (Å²) in [6.45, 7) is 9.05. The van der Waals surface area contributed by atoms with Crippen LogP contribution in [0.4, 0.5) is 0 Å². The molecule has 0 saturated carbocycles. The lowest BCUT2D eigenvalue weighted by molar-refractivity contribution is 0.0699. The maximum absolute atomic E-state index is 12.5. The molecule has 1 aromatic rings. The Hall–Kier alpha value is -0.580. The first-order valence-electron chi connectivity index (χ1n) is 6.08. The van der Waals surface area contributed by atoms with Crippen molar-refractivity contribution in [2.24, 2.45) is 0 Å². The molecule has 0 aromatic heterocycles. The predicted molar refractivity (Wildman–Crippen MR) is 80.4 cm³/mol. The van der Waals surface area contributed by atoms with E-state index < -0.39 is 0 Å². The third-order valence-electron chi connectivity index (χ3n) is 3.15. The molecule has 0 heterocycles. The maximum atomic E-state index is 12.5. The van der Waals surface area contributed by atoms with Crippen LogP contribution in [0.3, 0.4) is 0 Å². The number of hydrogen-bond acceptors (Lipinski definition) is 1. The van der Waals surface area contributed by atoms with E-state index >= 15 is 0 Å². The summed E-state index contributed by atoms with van der Waals surface area (Å²) in [5.74, 6) is 0.148. The van der Waals surface area contributed by atoms with E-state index in [2.05, 4.69) is 36.4 Å². The van der Waals surface area contributed by atoms with E-state index in [0.29, 0.717) is 6.04 Å². The summed E-state index contributed by atoms with van der Waals surface area (Å²) < 4.78 is 1.07. The SMILES string of the molecule is CCC(C)N(CC)C(=O)c1cccc(C)c1I. The Morgan fingerprint density at radius 2 is 2.06 bits per heavy atom. The average Bonchev–Trinajstić information content (AvgIpc) is 2.33. The molecule has 0 spiro atoms. The molecule has 0 aliphatic heterocycles. The fraction of sp³-hybridized carbons (Fsp3) is 0.500. The fourth-order valence-electron chi connectivity index (χ4n) is 1.84. The van der Waals surface area contributed by atoms with Crippen LogP contribution < -0.4 is 0 Å². The van der Waals surface area contributed by atoms with E-state index in [0.717, 1.165) is 27.7 Å². The number of carbonyl (C=O) groups excluding carboxylic acids is 1. The van der Waals surface area contributed by atoms with E-state index in [-0.39, 0.29) is 5.91 Å². The highest BCUT2D eigenvalue weighted by atomic mass is 127. The van der Waals surface area contributed by atoms with Crippen LogP contribution in [0, 0.1) is 10.5 Å². The molecule has 0 fully saturated rings. The Balaban J connectivity index is 3.06. The zero-order valence-corrected chi connectivity index (χ0v) is 13.1. The van der Waals surface area contributed by atoms with Gasteiger partial charge in [0.15, 0.2) is 0 Å². The summed E-state index contributed by atoms with van der Waals surface area (Å²) in [6, 6.07) is 6.21. The van der Waals surface area contributed by atoms with E-state index in [1.54, 1.807) is 0 Å². The topological polar surface area (TPSA) is 20.3 Å². The molecule has 0 aliphatic rings. The molecule has 3 heteroatoms. The highest BCUT2D eigenvalue weighted by molar-refractivity contribution is 14.1. The van der Waals surface area contributed by atoms with Gasteiger partial charge in [-0.15, -0.1) is 0 Å². The number of rotatable bonds is 4. The van der Waals surface area contributed by atoms with Crippen LogP contribution in [-0.2, 0) is 0 Å². The average molecular weight is 345 g/mol. The van der Waals surface area contributed by atoms with Gasteiger partial charge in [0, 0.05) is 16.2 Å². The van der Waals surface area contributed by atoms with E-state index in [1.165, 1.54) is 0 Å². The Morgan fingerprint density at radius 3 is 2.59 bits per heavy atom. The lowest BCUT2D eigenvalue weighted by Gasteiger charge is -2.27. The van der Waals surface area contributed by atoms with Crippen LogP contribution in [0.25, 0.3) is 0 Å². The van der Waals surface area contributed by atoms with Gasteiger partial charge in [0.1, 0.15) is 0 Å². The smallest absolute Gasteiger partial charge is 0.255 e. The lowest BCUT2D eigenvalue weighted by atomic mass is 10.1. The van der Waals surface area contributed by atoms with Crippen molar-refractivity contribution in [2.45, 2.75) is 40.2 Å². The van der Waals surface area contributed by atoms with Gasteiger partial charge >= 0.3 is 0 Å². The lowest BCUT2D eigenvalue weighted by Crippen LogP contribution is -2.38. The van der Waals surface area contributed by atoms with Crippen molar-refractivity contribution >= 4 is 28.5 Å². The molecule has 0 aliphatic carbocycles. The van der Waals surface area contributed by atoms with Gasteiger partial charge < -0.3 is 4.90 Å². The van der Waals surface area contributed by atoms with Crippen molar-refractivity contribution in [2.75, 3.05) is 6.54 Å². The van der Waals surface area contributed by atoms with Gasteiger partial charge in [-0.25, -0.2) is 0 Å². The van der Waals surface area contributed by atoms with Gasteiger partial charge in [-0.05, 0) is 61.4 Å². The van der Waals surface area contributed by atoms with Crippen molar-refractivity contribution in [3.8, 4) is 0 Å². The molecule has 1 aromatic carbocycles. The largest absolute Gasteiger partial charge is 0.336 e. The van der Waals surface area contributed by atoms with Crippen LogP contribution >= 0.6 is 22.6 Å². The predicted octanol–water partition coefficient (Wildman–Crippen LogP) is 3.86. The third-order valence-corrected chi connectivity index (χ3v) is 4.58. The quantitative estimate of drug-likeness (QED) is 0.759. The number of nitrogens with zero attached hydrogens (tertiary/aromatic N) is 1. The second-order valence-electron chi connectivity index (χ2n) is 4.28. The molecule has 0 radical (unpaired) electrons. The fourth-order valence-corrected chi connectivity index (χ4v) is 2.43. The molecular weight excluding hydrogens is 325 g/mol. The second-order valence-corrected chi connectivity index (χ2v) is 5.36. The number of carbonyl (C=O) groups is 1. The van der Waals surface area contributed by atoms with Crippen LogP contribution in [0.15, 0.2) is 18.2 Å². The van der Waals surface area contributed by atoms with Crippen molar-refractivity contribution in [1.29, 1.82) is 0 Å². The summed E-state index contributed by atoms with van der Waals surface area (Å²) >= 11 is 2.26. The molecule has 17 heavy (non-hydrogen) atoms. The molecular formula is C14H20INO. The molecule has 1 atom stereocenters. The van der Waals surface area contributed by atoms with E-state index in [1.807, 2.05) is 36.9 Å². The highest BCUT2D eigenvalue weighted by Gasteiger charge is 2.20. The number of aryl methyl sites for hydroxylation is 1. The number of hydrogen-bond donors (Lipinski definition) is 0. The summed E-state index contributed by atoms with van der Waals surface area (Å²) in [4.78, 5) is 14.4. The normalized spacial score (nSPS) is 12.3. The van der Waals surface area contributed by atoms with E-state index in [4.69, 9.17) is 0 Å². The van der Waals surface area contributed by atoms with Gasteiger partial charge in [-0.1, -0.05) is 19.1 Å². The van der Waals surface area contributed by atoms with Crippen molar-refractivity contribution in [3.05, 3.63) is 32.9 Å². The Bertz CT molecular complexity index is 403. The Kier molecular flexibility index (Phi) is 5.43. The van der Waals surface area contributed by atoms with Crippen LogP contribution in [0.2, 0.25) is 0 Å². The van der Waals surface area contributed by atoms with Crippen LogP contribution in [0.5, 0.6) is 0 Å². The molecule has 1 unspecified atom stereocenters. The van der Waals surface area contributed by atoms with Crippen molar-refractivity contribution < 1.29 is 4.79 Å². The first-order chi connectivity index (χ1) is 8.02. The first-order valence-corrected chi connectivity index (χ1v) is 7.16.